The molecular weight excluding hydrogens is 250 g/mol. The zero-order valence-electron chi connectivity index (χ0n) is 12.8. The van der Waals surface area contributed by atoms with Crippen molar-refractivity contribution in [1.82, 2.24) is 25.9 Å². The van der Waals surface area contributed by atoms with Crippen LogP contribution in [0.3, 0.4) is 0 Å². The molecule has 0 aliphatic heterocycles. The lowest BCUT2D eigenvalue weighted by molar-refractivity contribution is 0.476. The van der Waals surface area contributed by atoms with Gasteiger partial charge in [0, 0.05) is 6.04 Å². The van der Waals surface area contributed by atoms with Gasteiger partial charge < -0.3 is 5.32 Å². The van der Waals surface area contributed by atoms with E-state index in [9.17, 15) is 0 Å². The number of aromatic nitrogens is 4. The van der Waals surface area contributed by atoms with Gasteiger partial charge in [0.1, 0.15) is 0 Å². The van der Waals surface area contributed by atoms with Crippen molar-refractivity contribution in [2.45, 2.75) is 52.1 Å². The summed E-state index contributed by atoms with van der Waals surface area (Å²) < 4.78 is 0. The van der Waals surface area contributed by atoms with Crippen LogP contribution in [0, 0.1) is 0 Å². The molecule has 5 nitrogen and oxygen atoms in total. The zero-order chi connectivity index (χ0) is 14.8. The number of benzene rings is 1. The molecule has 2 aromatic rings. The van der Waals surface area contributed by atoms with Crippen molar-refractivity contribution < 1.29 is 0 Å². The van der Waals surface area contributed by atoms with E-state index in [1.165, 1.54) is 11.1 Å². The number of tetrazole rings is 1. The standard InChI is InChI=1S/C15H23N5/c1-10(16-11(2)14-17-19-20-18-14)12-6-8-13(9-7-12)15(3,4)5/h6-11,16H,1-5H3,(H,17,18,19,20). The summed E-state index contributed by atoms with van der Waals surface area (Å²) in [6.45, 7) is 10.8. The SMILES string of the molecule is CC(NC(C)c1nn[nH]n1)c1ccc(C(C)(C)C)cc1. The summed E-state index contributed by atoms with van der Waals surface area (Å²) in [7, 11) is 0. The molecule has 0 fully saturated rings. The normalized spacial score (nSPS) is 15.1. The van der Waals surface area contributed by atoms with Gasteiger partial charge in [0.15, 0.2) is 5.82 Å². The second-order valence-corrected chi connectivity index (χ2v) is 6.25. The van der Waals surface area contributed by atoms with Crippen LogP contribution < -0.4 is 5.32 Å². The number of aromatic amines is 1. The Hall–Kier alpha value is -1.75. The van der Waals surface area contributed by atoms with Gasteiger partial charge in [-0.25, -0.2) is 0 Å². The molecular formula is C15H23N5. The molecule has 2 atom stereocenters. The maximum absolute atomic E-state index is 4.00. The summed E-state index contributed by atoms with van der Waals surface area (Å²) in [5.74, 6) is 0.683. The van der Waals surface area contributed by atoms with E-state index in [0.717, 1.165) is 0 Å². The van der Waals surface area contributed by atoms with Crippen LogP contribution >= 0.6 is 0 Å². The summed E-state index contributed by atoms with van der Waals surface area (Å²) in [5.41, 5.74) is 2.79. The third-order valence-corrected chi connectivity index (χ3v) is 3.53. The summed E-state index contributed by atoms with van der Waals surface area (Å²) in [6.07, 6.45) is 0. The van der Waals surface area contributed by atoms with Crippen LogP contribution in [-0.2, 0) is 5.41 Å². The van der Waals surface area contributed by atoms with E-state index in [4.69, 9.17) is 0 Å². The van der Waals surface area contributed by atoms with Crippen molar-refractivity contribution in [3.05, 3.63) is 41.2 Å². The van der Waals surface area contributed by atoms with Crippen LogP contribution in [0.5, 0.6) is 0 Å². The average molecular weight is 273 g/mol. The Balaban J connectivity index is 2.04. The maximum Gasteiger partial charge on any atom is 0.191 e. The minimum atomic E-state index is 0.0612. The molecule has 0 radical (unpaired) electrons. The predicted octanol–water partition coefficient (Wildman–Crippen LogP) is 2.91. The van der Waals surface area contributed by atoms with Crippen molar-refractivity contribution in [3.63, 3.8) is 0 Å². The second kappa shape index (κ2) is 5.71. The third kappa shape index (κ3) is 3.42. The first-order chi connectivity index (χ1) is 9.38. The van der Waals surface area contributed by atoms with Gasteiger partial charge in [0.05, 0.1) is 6.04 Å². The van der Waals surface area contributed by atoms with E-state index < -0.39 is 0 Å². The van der Waals surface area contributed by atoms with Crippen molar-refractivity contribution in [2.75, 3.05) is 0 Å². The molecule has 0 bridgehead atoms. The highest BCUT2D eigenvalue weighted by atomic mass is 15.5. The van der Waals surface area contributed by atoms with Gasteiger partial charge in [-0.05, 0) is 30.4 Å². The number of nitrogens with one attached hydrogen (secondary N) is 2. The smallest absolute Gasteiger partial charge is 0.191 e. The predicted molar refractivity (Wildman–Crippen MR) is 79.3 cm³/mol. The molecule has 0 saturated heterocycles. The Morgan fingerprint density at radius 2 is 1.70 bits per heavy atom. The van der Waals surface area contributed by atoms with Crippen LogP contribution in [0.1, 0.15) is 63.7 Å². The van der Waals surface area contributed by atoms with Crippen LogP contribution in [0.2, 0.25) is 0 Å². The number of nitrogens with zero attached hydrogens (tertiary/aromatic N) is 3. The molecule has 2 rings (SSSR count). The molecule has 0 aliphatic carbocycles. The molecule has 20 heavy (non-hydrogen) atoms. The molecule has 108 valence electrons. The first-order valence-corrected chi connectivity index (χ1v) is 6.98. The van der Waals surface area contributed by atoms with Gasteiger partial charge >= 0.3 is 0 Å². The molecule has 2 unspecified atom stereocenters. The molecule has 0 aliphatic rings. The molecule has 0 amide bonds. The summed E-state index contributed by atoms with van der Waals surface area (Å²) in [4.78, 5) is 0. The van der Waals surface area contributed by atoms with Gasteiger partial charge in [-0.15, -0.1) is 10.2 Å². The molecule has 1 aromatic carbocycles. The molecule has 1 aromatic heterocycles. The van der Waals surface area contributed by atoms with Gasteiger partial charge in [-0.3, -0.25) is 0 Å². The highest BCUT2D eigenvalue weighted by Crippen LogP contribution is 2.24. The topological polar surface area (TPSA) is 66.5 Å². The fraction of sp³-hybridized carbons (Fsp3) is 0.533. The lowest BCUT2D eigenvalue weighted by Gasteiger charge is -2.22. The minimum absolute atomic E-state index is 0.0612. The lowest BCUT2D eigenvalue weighted by atomic mass is 9.86. The second-order valence-electron chi connectivity index (χ2n) is 6.25. The Labute approximate surface area is 120 Å². The van der Waals surface area contributed by atoms with Crippen LogP contribution in [0.25, 0.3) is 0 Å². The monoisotopic (exact) mass is 273 g/mol. The highest BCUT2D eigenvalue weighted by Gasteiger charge is 2.16. The molecule has 1 heterocycles. The van der Waals surface area contributed by atoms with E-state index >= 15 is 0 Å². The Bertz CT molecular complexity index is 524. The Morgan fingerprint density at radius 1 is 1.05 bits per heavy atom. The Kier molecular flexibility index (Phi) is 4.18. The average Bonchev–Trinajstić information content (AvgIpc) is 2.91. The molecule has 0 saturated carbocycles. The maximum atomic E-state index is 4.00. The first kappa shape index (κ1) is 14.7. The van der Waals surface area contributed by atoms with E-state index in [0.29, 0.717) is 5.82 Å². The molecule has 5 heteroatoms. The minimum Gasteiger partial charge on any atom is -0.301 e. The van der Waals surface area contributed by atoms with E-state index in [-0.39, 0.29) is 17.5 Å². The molecule has 2 N–H and O–H groups in total. The van der Waals surface area contributed by atoms with E-state index in [1.807, 2.05) is 6.92 Å². The van der Waals surface area contributed by atoms with Crippen LogP contribution in [0.15, 0.2) is 24.3 Å². The van der Waals surface area contributed by atoms with Crippen molar-refractivity contribution in [3.8, 4) is 0 Å². The van der Waals surface area contributed by atoms with E-state index in [1.54, 1.807) is 0 Å². The highest BCUT2D eigenvalue weighted by molar-refractivity contribution is 5.29. The van der Waals surface area contributed by atoms with Gasteiger partial charge in [0.2, 0.25) is 0 Å². The van der Waals surface area contributed by atoms with Crippen molar-refractivity contribution in [1.29, 1.82) is 0 Å². The summed E-state index contributed by atoms with van der Waals surface area (Å²) in [5, 5.41) is 17.5. The van der Waals surface area contributed by atoms with Gasteiger partial charge in [-0.1, -0.05) is 50.3 Å². The van der Waals surface area contributed by atoms with E-state index in [2.05, 4.69) is 77.9 Å². The first-order valence-electron chi connectivity index (χ1n) is 6.98. The molecule has 0 spiro atoms. The van der Waals surface area contributed by atoms with Gasteiger partial charge in [-0.2, -0.15) is 5.21 Å². The van der Waals surface area contributed by atoms with Crippen molar-refractivity contribution in [2.24, 2.45) is 0 Å². The van der Waals surface area contributed by atoms with Crippen molar-refractivity contribution >= 4 is 0 Å². The fourth-order valence-corrected chi connectivity index (χ4v) is 2.17. The number of hydrogen-bond donors (Lipinski definition) is 2. The summed E-state index contributed by atoms with van der Waals surface area (Å²) >= 11 is 0. The number of rotatable bonds is 4. The number of hydrogen-bond acceptors (Lipinski definition) is 4. The zero-order valence-corrected chi connectivity index (χ0v) is 12.8. The quantitative estimate of drug-likeness (QED) is 0.899. The van der Waals surface area contributed by atoms with Crippen LogP contribution in [-0.4, -0.2) is 20.6 Å². The lowest BCUT2D eigenvalue weighted by Crippen LogP contribution is -2.23. The largest absolute Gasteiger partial charge is 0.301 e. The summed E-state index contributed by atoms with van der Waals surface area (Å²) in [6, 6.07) is 9.06. The fourth-order valence-electron chi connectivity index (χ4n) is 2.17. The third-order valence-electron chi connectivity index (χ3n) is 3.53. The number of H-pyrrole nitrogens is 1. The Morgan fingerprint density at radius 3 is 2.20 bits per heavy atom. The van der Waals surface area contributed by atoms with Gasteiger partial charge in [0.25, 0.3) is 0 Å². The van der Waals surface area contributed by atoms with Crippen LogP contribution in [0.4, 0.5) is 0 Å².